The summed E-state index contributed by atoms with van der Waals surface area (Å²) in [5.74, 6) is 5.23. The van der Waals surface area contributed by atoms with E-state index in [4.69, 9.17) is 4.74 Å². The molecular formula is C49H88NO2+. The summed E-state index contributed by atoms with van der Waals surface area (Å²) in [6, 6.07) is 0. The van der Waals surface area contributed by atoms with Crippen LogP contribution in [0.1, 0.15) is 202 Å². The van der Waals surface area contributed by atoms with Gasteiger partial charge in [0.05, 0.1) is 20.6 Å². The van der Waals surface area contributed by atoms with Gasteiger partial charge in [-0.1, -0.05) is 136 Å². The van der Waals surface area contributed by atoms with E-state index < -0.39 is 0 Å². The van der Waals surface area contributed by atoms with Crippen molar-refractivity contribution in [2.24, 2.45) is 46.3 Å². The highest BCUT2D eigenvalue weighted by Gasteiger charge is 2.59. The molecule has 0 saturated heterocycles. The van der Waals surface area contributed by atoms with Gasteiger partial charge in [-0.25, -0.2) is 4.79 Å². The third kappa shape index (κ3) is 12.5. The normalized spacial score (nSPS) is 30.9. The van der Waals surface area contributed by atoms with Crippen molar-refractivity contribution in [2.75, 3.05) is 27.2 Å². The Morgan fingerprint density at radius 2 is 1.46 bits per heavy atom. The molecule has 0 heterocycles. The van der Waals surface area contributed by atoms with Crippen LogP contribution in [0, 0.1) is 46.3 Å². The van der Waals surface area contributed by atoms with Crippen LogP contribution in [0.25, 0.3) is 0 Å². The summed E-state index contributed by atoms with van der Waals surface area (Å²) in [6.07, 6.45) is 40.7. The molecule has 3 heteroatoms. The van der Waals surface area contributed by atoms with Gasteiger partial charge in [-0.3, -0.25) is 0 Å². The largest absolute Gasteiger partial charge is 0.458 e. The summed E-state index contributed by atoms with van der Waals surface area (Å²) in [4.78, 5) is 13.2. The van der Waals surface area contributed by atoms with Gasteiger partial charge < -0.3 is 9.22 Å². The molecule has 3 nitrogen and oxygen atoms in total. The molecule has 4 rings (SSSR count). The van der Waals surface area contributed by atoms with Gasteiger partial charge in [0.2, 0.25) is 0 Å². The summed E-state index contributed by atoms with van der Waals surface area (Å²) >= 11 is 0. The number of rotatable bonds is 24. The number of esters is 1. The van der Waals surface area contributed by atoms with E-state index in [1.165, 1.54) is 148 Å². The Morgan fingerprint density at radius 3 is 2.13 bits per heavy atom. The lowest BCUT2D eigenvalue weighted by molar-refractivity contribution is -0.883. The summed E-state index contributed by atoms with van der Waals surface area (Å²) in [5, 5.41) is 0. The molecule has 0 aromatic heterocycles. The number of quaternary nitrogens is 1. The number of nitrogens with zero attached hydrogens (tertiary/aromatic N) is 1. The molecule has 3 saturated carbocycles. The highest BCUT2D eigenvalue weighted by molar-refractivity contribution is 5.70. The first-order valence-electron chi connectivity index (χ1n) is 23.3. The fourth-order valence-electron chi connectivity index (χ4n) is 12.2. The van der Waals surface area contributed by atoms with Crippen molar-refractivity contribution in [3.63, 3.8) is 0 Å². The summed E-state index contributed by atoms with van der Waals surface area (Å²) in [7, 11) is 4.44. The SMILES string of the molecule is CCCCCCCC/C=C/CCCCCCCC[N+](C)(C)CC(=O)O[C@H]1CC[C@@]2(C)C(=CC[C@H]3[C@@H]4CC[C@H]([C@H](C)CCCC(C)C)[C@@]4(C)CC[C@@H]32)C1. The van der Waals surface area contributed by atoms with Crippen LogP contribution in [-0.4, -0.2) is 43.7 Å². The second kappa shape index (κ2) is 21.3. The summed E-state index contributed by atoms with van der Waals surface area (Å²) in [5.41, 5.74) is 2.49. The van der Waals surface area contributed by atoms with Gasteiger partial charge in [-0.15, -0.1) is 0 Å². The number of likely N-dealkylation sites (N-methyl/N-ethyl adjacent to an activating group) is 1. The lowest BCUT2D eigenvalue weighted by Crippen LogP contribution is -2.51. The molecule has 4 aliphatic rings. The van der Waals surface area contributed by atoms with Crippen molar-refractivity contribution in [3.05, 3.63) is 23.8 Å². The molecule has 0 radical (unpaired) electrons. The van der Waals surface area contributed by atoms with E-state index in [9.17, 15) is 4.79 Å². The lowest BCUT2D eigenvalue weighted by Gasteiger charge is -2.58. The molecule has 52 heavy (non-hydrogen) atoms. The molecule has 300 valence electrons. The Bertz CT molecular complexity index is 1100. The maximum atomic E-state index is 13.2. The average Bonchev–Trinajstić information content (AvgIpc) is 3.45. The van der Waals surface area contributed by atoms with E-state index in [1.807, 2.05) is 0 Å². The van der Waals surface area contributed by atoms with Crippen molar-refractivity contribution >= 4 is 5.97 Å². The lowest BCUT2D eigenvalue weighted by atomic mass is 9.47. The van der Waals surface area contributed by atoms with E-state index in [0.29, 0.717) is 17.4 Å². The predicted octanol–water partition coefficient (Wildman–Crippen LogP) is 14.1. The van der Waals surface area contributed by atoms with E-state index in [0.717, 1.165) is 59.4 Å². The summed E-state index contributed by atoms with van der Waals surface area (Å²) < 4.78 is 7.01. The summed E-state index contributed by atoms with van der Waals surface area (Å²) in [6.45, 7) is 16.5. The standard InChI is InChI=1S/C49H88NO2/c1-9-10-11-12-13-14-15-16-17-18-19-20-21-22-23-24-36-50(7,8)38-47(51)52-42-32-34-48(5)41(37-42)28-29-43-45-31-30-44(40(4)27-25-26-39(2)3)49(45,6)35-33-46(43)48/h16-17,28,39-40,42-46H,9-15,18-27,29-38H2,1-8H3/q+1/b17-16+/t40-,42+,43+,44-,45+,46+,48+,49-/m1/s1. The zero-order valence-electron chi connectivity index (χ0n) is 36.1. The van der Waals surface area contributed by atoms with Gasteiger partial charge in [-0.2, -0.15) is 0 Å². The van der Waals surface area contributed by atoms with Gasteiger partial charge in [-0.05, 0) is 130 Å². The van der Waals surface area contributed by atoms with Gasteiger partial charge in [0.15, 0.2) is 6.54 Å². The van der Waals surface area contributed by atoms with Crippen LogP contribution in [0.2, 0.25) is 0 Å². The number of unbranched alkanes of at least 4 members (excludes halogenated alkanes) is 12. The zero-order chi connectivity index (χ0) is 37.6. The minimum absolute atomic E-state index is 0.0189. The number of ether oxygens (including phenoxy) is 1. The molecule has 0 spiro atoms. The van der Waals surface area contributed by atoms with Crippen LogP contribution in [0.4, 0.5) is 0 Å². The van der Waals surface area contributed by atoms with Crippen LogP contribution in [-0.2, 0) is 9.53 Å². The fourth-order valence-corrected chi connectivity index (χ4v) is 12.2. The molecule has 4 aliphatic carbocycles. The van der Waals surface area contributed by atoms with Gasteiger partial charge >= 0.3 is 5.97 Å². The van der Waals surface area contributed by atoms with Crippen LogP contribution >= 0.6 is 0 Å². The quantitative estimate of drug-likeness (QED) is 0.0429. The molecule has 0 aromatic rings. The van der Waals surface area contributed by atoms with Gasteiger partial charge in [0.1, 0.15) is 6.10 Å². The second-order valence-electron chi connectivity index (χ2n) is 20.4. The van der Waals surface area contributed by atoms with Crippen molar-refractivity contribution < 1.29 is 14.0 Å². The maximum Gasteiger partial charge on any atom is 0.362 e. The molecule has 0 N–H and O–H groups in total. The predicted molar refractivity (Wildman–Crippen MR) is 224 cm³/mol. The Labute approximate surface area is 324 Å². The number of hydrogen-bond acceptors (Lipinski definition) is 2. The van der Waals surface area contributed by atoms with Crippen molar-refractivity contribution in [2.45, 2.75) is 208 Å². The van der Waals surface area contributed by atoms with E-state index in [2.05, 4.69) is 73.9 Å². The van der Waals surface area contributed by atoms with Crippen molar-refractivity contribution in [1.29, 1.82) is 0 Å². The molecule has 0 aromatic carbocycles. The Hall–Kier alpha value is -1.09. The first-order valence-corrected chi connectivity index (χ1v) is 23.3. The number of hydrogen-bond donors (Lipinski definition) is 0. The highest BCUT2D eigenvalue weighted by atomic mass is 16.5. The van der Waals surface area contributed by atoms with Crippen LogP contribution in [0.3, 0.4) is 0 Å². The average molecular weight is 723 g/mol. The molecule has 0 bridgehead atoms. The van der Waals surface area contributed by atoms with Crippen LogP contribution < -0.4 is 0 Å². The molecule has 0 amide bonds. The smallest absolute Gasteiger partial charge is 0.362 e. The highest BCUT2D eigenvalue weighted by Crippen LogP contribution is 2.67. The molecule has 8 atom stereocenters. The minimum atomic E-state index is 0.0189. The van der Waals surface area contributed by atoms with Crippen LogP contribution in [0.5, 0.6) is 0 Å². The molecule has 0 aliphatic heterocycles. The zero-order valence-corrected chi connectivity index (χ0v) is 36.1. The third-order valence-electron chi connectivity index (χ3n) is 15.4. The Balaban J connectivity index is 1.11. The minimum Gasteiger partial charge on any atom is -0.458 e. The fraction of sp³-hybridized carbons (Fsp3) is 0.898. The topological polar surface area (TPSA) is 26.3 Å². The number of allylic oxidation sites excluding steroid dienone is 3. The number of carbonyl (C=O) groups excluding carboxylic acids is 1. The van der Waals surface area contributed by atoms with Crippen molar-refractivity contribution in [1.82, 2.24) is 0 Å². The van der Waals surface area contributed by atoms with E-state index in [-0.39, 0.29) is 12.1 Å². The van der Waals surface area contributed by atoms with Crippen molar-refractivity contribution in [3.8, 4) is 0 Å². The molecule has 3 fully saturated rings. The molecule has 0 unspecified atom stereocenters. The number of fused-ring (bicyclic) bond motifs is 5. The molecular weight excluding hydrogens is 635 g/mol. The Kier molecular flexibility index (Phi) is 17.9. The van der Waals surface area contributed by atoms with E-state index >= 15 is 0 Å². The maximum absolute atomic E-state index is 13.2. The first-order chi connectivity index (χ1) is 24.9. The third-order valence-corrected chi connectivity index (χ3v) is 15.4. The van der Waals surface area contributed by atoms with Gasteiger partial charge in [0.25, 0.3) is 0 Å². The van der Waals surface area contributed by atoms with Crippen LogP contribution in [0.15, 0.2) is 23.8 Å². The first kappa shape index (κ1) is 43.6. The van der Waals surface area contributed by atoms with E-state index in [1.54, 1.807) is 5.57 Å². The Morgan fingerprint density at radius 1 is 0.808 bits per heavy atom. The van der Waals surface area contributed by atoms with Gasteiger partial charge in [0, 0.05) is 6.42 Å². The number of carbonyl (C=O) groups is 1. The monoisotopic (exact) mass is 723 g/mol. The second-order valence-corrected chi connectivity index (χ2v) is 20.4.